The van der Waals surface area contributed by atoms with Crippen LogP contribution in [0.15, 0.2) is 23.1 Å². The normalized spacial score (nSPS) is 24.9. The smallest absolute Gasteiger partial charge is 0.244 e. The van der Waals surface area contributed by atoms with Crippen molar-refractivity contribution in [1.82, 2.24) is 4.72 Å². The van der Waals surface area contributed by atoms with E-state index in [0.29, 0.717) is 0 Å². The molecule has 0 bridgehead atoms. The van der Waals surface area contributed by atoms with E-state index in [9.17, 15) is 16.8 Å². The molecule has 1 N–H and O–H groups in total. The van der Waals surface area contributed by atoms with Gasteiger partial charge in [0.1, 0.15) is 10.6 Å². The summed E-state index contributed by atoms with van der Waals surface area (Å²) in [5.41, 5.74) is 0.748. The largest absolute Gasteiger partial charge is 0.495 e. The third-order valence-corrected chi connectivity index (χ3v) is 7.08. The molecule has 1 aliphatic rings. The van der Waals surface area contributed by atoms with Crippen LogP contribution in [-0.2, 0) is 19.9 Å². The second-order valence-electron chi connectivity index (χ2n) is 4.97. The molecule has 1 fully saturated rings. The van der Waals surface area contributed by atoms with Crippen molar-refractivity contribution in [3.63, 3.8) is 0 Å². The quantitative estimate of drug-likeness (QED) is 0.804. The molecular weight excluding hydrogens is 338 g/mol. The maximum Gasteiger partial charge on any atom is 0.244 e. The Hall–Kier alpha value is -0.830. The summed E-state index contributed by atoms with van der Waals surface area (Å²) in [6, 6.07) is 3.90. The van der Waals surface area contributed by atoms with E-state index in [1.54, 1.807) is 19.1 Å². The fraction of sp³-hybridized carbons (Fsp3) is 0.500. The Kier molecular flexibility index (Phi) is 4.53. The molecule has 0 aromatic heterocycles. The number of alkyl halides is 1. The van der Waals surface area contributed by atoms with E-state index >= 15 is 0 Å². The Bertz CT molecular complexity index is 745. The highest BCUT2D eigenvalue weighted by atomic mass is 35.5. The Morgan fingerprint density at radius 1 is 1.33 bits per heavy atom. The van der Waals surface area contributed by atoms with Gasteiger partial charge in [0, 0.05) is 0 Å². The highest BCUT2D eigenvalue weighted by Crippen LogP contribution is 2.26. The van der Waals surface area contributed by atoms with Gasteiger partial charge in [0.15, 0.2) is 9.84 Å². The molecule has 0 radical (unpaired) electrons. The van der Waals surface area contributed by atoms with Crippen molar-refractivity contribution in [2.75, 3.05) is 18.6 Å². The first-order chi connectivity index (χ1) is 9.64. The predicted octanol–water partition coefficient (Wildman–Crippen LogP) is 0.686. The lowest BCUT2D eigenvalue weighted by molar-refractivity contribution is 0.402. The number of hydrogen-bond acceptors (Lipinski definition) is 5. The Labute approximate surface area is 129 Å². The van der Waals surface area contributed by atoms with E-state index in [-0.39, 0.29) is 22.2 Å². The van der Waals surface area contributed by atoms with Crippen molar-refractivity contribution in [2.45, 2.75) is 23.2 Å². The number of ether oxygens (including phenoxy) is 1. The van der Waals surface area contributed by atoms with Crippen LogP contribution in [0.1, 0.15) is 5.56 Å². The van der Waals surface area contributed by atoms with Crippen LogP contribution < -0.4 is 9.46 Å². The number of methoxy groups -OCH3 is 1. The van der Waals surface area contributed by atoms with Crippen LogP contribution in [0.4, 0.5) is 0 Å². The number of sulfone groups is 1. The molecule has 0 amide bonds. The van der Waals surface area contributed by atoms with Crippen LogP contribution in [0.2, 0.25) is 0 Å². The summed E-state index contributed by atoms with van der Waals surface area (Å²) in [6.07, 6.45) is 0. The SMILES string of the molecule is COc1ccc(C)cc1S(=O)(=O)N[C@H]1CS(=O)(=O)C[C@H]1Cl. The summed E-state index contributed by atoms with van der Waals surface area (Å²) < 4.78 is 55.3. The lowest BCUT2D eigenvalue weighted by atomic mass is 10.2. The van der Waals surface area contributed by atoms with Gasteiger partial charge in [-0.1, -0.05) is 6.07 Å². The van der Waals surface area contributed by atoms with E-state index in [0.717, 1.165) is 5.56 Å². The van der Waals surface area contributed by atoms with Gasteiger partial charge in [0.2, 0.25) is 10.0 Å². The van der Waals surface area contributed by atoms with Crippen molar-refractivity contribution in [3.8, 4) is 5.75 Å². The fourth-order valence-corrected chi connectivity index (χ4v) is 6.43. The van der Waals surface area contributed by atoms with Gasteiger partial charge in [-0.3, -0.25) is 0 Å². The first-order valence-corrected chi connectivity index (χ1v) is 9.90. The molecule has 0 spiro atoms. The van der Waals surface area contributed by atoms with Crippen LogP contribution in [-0.4, -0.2) is 46.9 Å². The average Bonchev–Trinajstić information content (AvgIpc) is 2.61. The van der Waals surface area contributed by atoms with E-state index in [1.165, 1.54) is 13.2 Å². The van der Waals surface area contributed by atoms with Crippen LogP contribution >= 0.6 is 11.6 Å². The average molecular weight is 354 g/mol. The van der Waals surface area contributed by atoms with E-state index in [1.807, 2.05) is 0 Å². The molecule has 118 valence electrons. The van der Waals surface area contributed by atoms with Crippen LogP contribution in [0.3, 0.4) is 0 Å². The number of rotatable bonds is 4. The zero-order valence-electron chi connectivity index (χ0n) is 11.5. The minimum absolute atomic E-state index is 0.0295. The van der Waals surface area contributed by atoms with Crippen LogP contribution in [0.5, 0.6) is 5.75 Å². The molecule has 2 atom stereocenters. The third kappa shape index (κ3) is 3.68. The number of nitrogens with one attached hydrogen (secondary N) is 1. The molecule has 9 heteroatoms. The van der Waals surface area contributed by atoms with Gasteiger partial charge < -0.3 is 4.74 Å². The molecule has 1 saturated heterocycles. The summed E-state index contributed by atoms with van der Waals surface area (Å²) >= 11 is 5.92. The van der Waals surface area contributed by atoms with Crippen LogP contribution in [0, 0.1) is 6.92 Å². The first-order valence-electron chi connectivity index (χ1n) is 6.16. The second kappa shape index (κ2) is 5.75. The Morgan fingerprint density at radius 2 is 2.00 bits per heavy atom. The number of hydrogen-bond donors (Lipinski definition) is 1. The molecule has 21 heavy (non-hydrogen) atoms. The molecule has 0 saturated carbocycles. The van der Waals surface area contributed by atoms with Gasteiger partial charge in [0.25, 0.3) is 0 Å². The fourth-order valence-electron chi connectivity index (χ4n) is 2.17. The molecule has 1 aromatic carbocycles. The topological polar surface area (TPSA) is 89.5 Å². The highest BCUT2D eigenvalue weighted by Gasteiger charge is 2.39. The minimum Gasteiger partial charge on any atom is -0.495 e. The molecule has 1 heterocycles. The third-order valence-electron chi connectivity index (χ3n) is 3.20. The van der Waals surface area contributed by atoms with Crippen molar-refractivity contribution in [1.29, 1.82) is 0 Å². The highest BCUT2D eigenvalue weighted by molar-refractivity contribution is 7.92. The standard InChI is InChI=1S/C12H16ClNO5S2/c1-8-3-4-11(19-2)12(5-8)21(17,18)14-10-7-20(15,16)6-9(10)13/h3-5,9-10,14H,6-7H2,1-2H3/t9-,10+/m1/s1. The molecule has 1 aromatic rings. The number of benzene rings is 1. The van der Waals surface area contributed by atoms with E-state index in [4.69, 9.17) is 16.3 Å². The maximum atomic E-state index is 12.4. The molecular formula is C12H16ClNO5S2. The van der Waals surface area contributed by atoms with Crippen molar-refractivity contribution < 1.29 is 21.6 Å². The molecule has 1 aliphatic heterocycles. The summed E-state index contributed by atoms with van der Waals surface area (Å²) in [5.74, 6) is -0.332. The monoisotopic (exact) mass is 353 g/mol. The van der Waals surface area contributed by atoms with Gasteiger partial charge in [-0.2, -0.15) is 0 Å². The molecule has 0 aliphatic carbocycles. The number of sulfonamides is 1. The minimum atomic E-state index is -3.92. The molecule has 6 nitrogen and oxygen atoms in total. The predicted molar refractivity (Wildman–Crippen MR) is 80.1 cm³/mol. The summed E-state index contributed by atoms with van der Waals surface area (Å²) in [5, 5.41) is -0.777. The summed E-state index contributed by atoms with van der Waals surface area (Å²) in [7, 11) is -5.86. The Morgan fingerprint density at radius 3 is 2.52 bits per heavy atom. The second-order valence-corrected chi connectivity index (χ2v) is 9.37. The van der Waals surface area contributed by atoms with Gasteiger partial charge >= 0.3 is 0 Å². The maximum absolute atomic E-state index is 12.4. The summed E-state index contributed by atoms with van der Waals surface area (Å²) in [6.45, 7) is 1.75. The zero-order chi connectivity index (χ0) is 15.8. The molecule has 0 unspecified atom stereocenters. The lowest BCUT2D eigenvalue weighted by Crippen LogP contribution is -2.40. The Balaban J connectivity index is 2.34. The van der Waals surface area contributed by atoms with Gasteiger partial charge in [0.05, 0.1) is 30.0 Å². The van der Waals surface area contributed by atoms with Crippen molar-refractivity contribution >= 4 is 31.5 Å². The van der Waals surface area contributed by atoms with Gasteiger partial charge in [-0.05, 0) is 24.6 Å². The van der Waals surface area contributed by atoms with Gasteiger partial charge in [-0.25, -0.2) is 21.6 Å². The molecule has 2 rings (SSSR count). The van der Waals surface area contributed by atoms with Crippen LogP contribution in [0.25, 0.3) is 0 Å². The number of aryl methyl sites for hydroxylation is 1. The lowest BCUT2D eigenvalue weighted by Gasteiger charge is -2.16. The summed E-state index contributed by atoms with van der Waals surface area (Å²) in [4.78, 5) is -0.0295. The van der Waals surface area contributed by atoms with E-state index in [2.05, 4.69) is 4.72 Å². The zero-order valence-corrected chi connectivity index (χ0v) is 13.9. The van der Waals surface area contributed by atoms with Gasteiger partial charge in [-0.15, -0.1) is 11.6 Å². The van der Waals surface area contributed by atoms with E-state index < -0.39 is 31.3 Å². The number of halogens is 1. The van der Waals surface area contributed by atoms with Crippen molar-refractivity contribution in [2.24, 2.45) is 0 Å². The first kappa shape index (κ1) is 16.5. The van der Waals surface area contributed by atoms with Crippen molar-refractivity contribution in [3.05, 3.63) is 23.8 Å².